The van der Waals surface area contributed by atoms with Gasteiger partial charge in [-0.05, 0) is 0 Å². The molecule has 4 aromatic carbocycles. The predicted molar refractivity (Wildman–Crippen MR) is 178 cm³/mol. The van der Waals surface area contributed by atoms with Crippen molar-refractivity contribution in [2.75, 3.05) is 9.80 Å². The Kier molecular flexibility index (Phi) is 5.80. The first kappa shape index (κ1) is 27.4. The number of hydrogen-bond donors (Lipinski definition) is 0. The molecule has 6 heteroatoms. The molecule has 1 fully saturated rings. The normalized spacial score (nSPS) is 21.4. The number of benzene rings is 4. The first-order valence-corrected chi connectivity index (χ1v) is 18.2. The first-order valence-electron chi connectivity index (χ1n) is 15.9. The summed E-state index contributed by atoms with van der Waals surface area (Å²) in [4.78, 5) is 10.5. The van der Waals surface area contributed by atoms with Gasteiger partial charge in [-0.1, -0.05) is 0 Å². The summed E-state index contributed by atoms with van der Waals surface area (Å²) in [6.45, 7) is 9.39. The van der Waals surface area contributed by atoms with Crippen LogP contribution in [0.5, 0.6) is 11.5 Å². The van der Waals surface area contributed by atoms with Gasteiger partial charge in [0.2, 0.25) is 0 Å². The molecule has 0 saturated heterocycles. The van der Waals surface area contributed by atoms with Crippen molar-refractivity contribution >= 4 is 19.7 Å². The van der Waals surface area contributed by atoms with Crippen molar-refractivity contribution in [2.45, 2.75) is 70.1 Å². The van der Waals surface area contributed by atoms with Crippen LogP contribution in [0, 0.1) is 12.1 Å². The molecule has 5 nitrogen and oxygen atoms in total. The Bertz CT molecular complexity index is 1970. The number of fused-ring (bicyclic) bond motifs is 9. The Labute approximate surface area is 273 Å². The van der Waals surface area contributed by atoms with E-state index >= 15 is 0 Å². The maximum absolute atomic E-state index is 6.53. The minimum absolute atomic E-state index is 0.201. The van der Waals surface area contributed by atoms with Gasteiger partial charge in [-0.25, -0.2) is 0 Å². The summed E-state index contributed by atoms with van der Waals surface area (Å²) in [5.74, 6) is 1.48. The van der Waals surface area contributed by atoms with Crippen molar-refractivity contribution < 1.29 is 22.4 Å². The Morgan fingerprint density at radius 1 is 0.644 bits per heavy atom. The third-order valence-corrected chi connectivity index (χ3v) is 13.4. The molecule has 0 atom stereocenters. The monoisotopic (exact) mass is 771 g/mol. The van der Waals surface area contributed by atoms with E-state index in [0.717, 1.165) is 29.9 Å². The van der Waals surface area contributed by atoms with Crippen LogP contribution in [0.15, 0.2) is 97.3 Å². The van der Waals surface area contributed by atoms with Gasteiger partial charge in [0, 0.05) is 0 Å². The predicted octanol–water partition coefficient (Wildman–Crippen LogP) is 8.19. The number of hydrogen-bond acceptors (Lipinski definition) is 5. The van der Waals surface area contributed by atoms with Gasteiger partial charge in [-0.3, -0.25) is 0 Å². The fraction of sp³-hybridized carbons (Fsp3) is 0.282. The molecule has 6 bridgehead atoms. The zero-order chi connectivity index (χ0) is 30.6. The van der Waals surface area contributed by atoms with Crippen LogP contribution in [0.4, 0.5) is 11.4 Å². The van der Waals surface area contributed by atoms with Crippen LogP contribution in [0.2, 0.25) is 0 Å². The van der Waals surface area contributed by atoms with E-state index in [-0.39, 0.29) is 16.7 Å². The SMILES string of the molecule is CC1(C)c2[c-]c(ccc2)Oc2[c-]c(ccc2)C2(CCCC2)N2[C]3=[Pt]=[C]4N1C=CN4C(C)(C)N3c1cc(-c3ccccc3)ccc12. The summed E-state index contributed by atoms with van der Waals surface area (Å²) < 4.78 is 9.38. The van der Waals surface area contributed by atoms with E-state index in [4.69, 9.17) is 4.74 Å². The second kappa shape index (κ2) is 9.53. The van der Waals surface area contributed by atoms with Crippen LogP contribution in [-0.2, 0) is 28.7 Å². The summed E-state index contributed by atoms with van der Waals surface area (Å²) >= 11 is -0.618. The molecule has 5 aliphatic rings. The Morgan fingerprint density at radius 2 is 1.33 bits per heavy atom. The summed E-state index contributed by atoms with van der Waals surface area (Å²) in [5, 5.41) is 0. The van der Waals surface area contributed by atoms with Crippen LogP contribution in [-0.4, -0.2) is 23.8 Å². The van der Waals surface area contributed by atoms with E-state index in [0.29, 0.717) is 0 Å². The van der Waals surface area contributed by atoms with Gasteiger partial charge >= 0.3 is 275 Å². The first-order chi connectivity index (χ1) is 21.8. The van der Waals surface area contributed by atoms with Gasteiger partial charge < -0.3 is 0 Å². The van der Waals surface area contributed by atoms with Crippen molar-refractivity contribution in [1.82, 2.24) is 9.80 Å². The molecule has 9 rings (SSSR count). The molecule has 0 N–H and O–H groups in total. The standard InChI is InChI=1S/C39H36N4O.Pt/c1-37(2)31-14-10-16-33(25-31)44-34-17-11-15-32(26-34)39(20-8-9-21-39)43-28-42(38(3,4)41-23-22-40(37)27-41)36-24-30(18-19-35(36)43)29-12-6-5-7-13-29;/h5-7,10-19,22-24H,8-9,20-21H2,1-4H3;/q-2;. The average molecular weight is 772 g/mol. The van der Waals surface area contributed by atoms with E-state index in [2.05, 4.69) is 145 Å². The van der Waals surface area contributed by atoms with Crippen molar-refractivity contribution in [2.24, 2.45) is 0 Å². The molecule has 0 aromatic heterocycles. The number of anilines is 2. The molecule has 0 unspecified atom stereocenters. The van der Waals surface area contributed by atoms with Crippen molar-refractivity contribution in [3.8, 4) is 22.6 Å². The molecule has 1 spiro atoms. The molecular weight excluding hydrogens is 736 g/mol. The molecule has 4 aromatic rings. The van der Waals surface area contributed by atoms with Gasteiger partial charge in [-0.15, -0.1) is 0 Å². The van der Waals surface area contributed by atoms with E-state index in [1.54, 1.807) is 0 Å². The van der Waals surface area contributed by atoms with E-state index in [1.807, 2.05) is 12.1 Å². The van der Waals surface area contributed by atoms with Crippen molar-refractivity contribution in [3.63, 3.8) is 0 Å². The average Bonchev–Trinajstić information content (AvgIpc) is 3.78. The van der Waals surface area contributed by atoms with Crippen LogP contribution in [0.1, 0.15) is 64.5 Å². The number of nitrogens with zero attached hydrogens (tertiary/aromatic N) is 4. The molecule has 1 aliphatic carbocycles. The Hall–Kier alpha value is -3.95. The fourth-order valence-electron chi connectivity index (χ4n) is 7.82. The summed E-state index contributed by atoms with van der Waals surface area (Å²) in [7, 11) is 0. The zero-order valence-electron chi connectivity index (χ0n) is 26.1. The molecule has 1 saturated carbocycles. The summed E-state index contributed by atoms with van der Waals surface area (Å²) in [5.41, 5.74) is 6.58. The molecule has 45 heavy (non-hydrogen) atoms. The Balaban J connectivity index is 1.37. The van der Waals surface area contributed by atoms with Gasteiger partial charge in [0.25, 0.3) is 0 Å². The van der Waals surface area contributed by atoms with E-state index in [1.165, 1.54) is 49.2 Å². The van der Waals surface area contributed by atoms with Crippen molar-refractivity contribution in [1.29, 1.82) is 0 Å². The van der Waals surface area contributed by atoms with Crippen molar-refractivity contribution in [3.05, 3.63) is 121 Å². The van der Waals surface area contributed by atoms with Crippen LogP contribution < -0.4 is 14.5 Å². The number of rotatable bonds is 1. The third-order valence-electron chi connectivity index (χ3n) is 10.3. The molecule has 4 heterocycles. The second-order valence-electron chi connectivity index (χ2n) is 13.6. The van der Waals surface area contributed by atoms with Gasteiger partial charge in [-0.2, -0.15) is 0 Å². The maximum atomic E-state index is 6.53. The van der Waals surface area contributed by atoms with E-state index < -0.39 is 17.6 Å². The van der Waals surface area contributed by atoms with Gasteiger partial charge in [0.05, 0.1) is 0 Å². The van der Waals surface area contributed by atoms with Gasteiger partial charge in [0.15, 0.2) is 0 Å². The van der Waals surface area contributed by atoms with Crippen LogP contribution in [0.3, 0.4) is 0 Å². The number of ether oxygens (including phenoxy) is 1. The topological polar surface area (TPSA) is 22.2 Å². The Morgan fingerprint density at radius 3 is 2.09 bits per heavy atom. The molecule has 0 radical (unpaired) electrons. The molecule has 4 aliphatic heterocycles. The fourth-order valence-corrected chi connectivity index (χ4v) is 12.6. The second-order valence-corrected chi connectivity index (χ2v) is 16.2. The minimum atomic E-state index is -0.618. The molecular formula is C39H36N4OPt-2. The van der Waals surface area contributed by atoms with E-state index in [9.17, 15) is 0 Å². The summed E-state index contributed by atoms with van der Waals surface area (Å²) in [6, 6.07) is 38.1. The van der Waals surface area contributed by atoms with Gasteiger partial charge in [0.1, 0.15) is 0 Å². The third kappa shape index (κ3) is 3.83. The van der Waals surface area contributed by atoms with Crippen LogP contribution in [0.25, 0.3) is 11.1 Å². The summed E-state index contributed by atoms with van der Waals surface area (Å²) in [6.07, 6.45) is 9.16. The van der Waals surface area contributed by atoms with Crippen LogP contribution >= 0.6 is 0 Å². The zero-order valence-corrected chi connectivity index (χ0v) is 28.4. The quantitative estimate of drug-likeness (QED) is 0.182. The molecule has 0 amide bonds. The molecule has 230 valence electrons.